The number of nitrogens with one attached hydrogen (secondary N) is 1. The summed E-state index contributed by atoms with van der Waals surface area (Å²) in [6.45, 7) is 6.90. The lowest BCUT2D eigenvalue weighted by atomic mass is 9.76. The monoisotopic (exact) mass is 298 g/mol. The first-order valence-electron chi connectivity index (χ1n) is 7.19. The molecule has 0 bridgehead atoms. The number of nitrogens with two attached hydrogens (primary N) is 1. The quantitative estimate of drug-likeness (QED) is 0.841. The van der Waals surface area contributed by atoms with Crippen molar-refractivity contribution in [3.63, 3.8) is 0 Å². The minimum absolute atomic E-state index is 0.0593. The summed E-state index contributed by atoms with van der Waals surface area (Å²) in [6, 6.07) is 3.72. The Morgan fingerprint density at radius 2 is 1.95 bits per heavy atom. The number of hydrogen-bond acceptors (Lipinski definition) is 2. The van der Waals surface area contributed by atoms with Crippen molar-refractivity contribution in [2.75, 3.05) is 11.9 Å². The topological polar surface area (TPSA) is 55.1 Å². The SMILES string of the molecule is CC(C)(C)C(CCN)CCC(=O)Nc1cccc(F)c1F. The number of benzene rings is 1. The molecule has 1 aromatic carbocycles. The fourth-order valence-electron chi connectivity index (χ4n) is 2.33. The number of amides is 1. The van der Waals surface area contributed by atoms with E-state index in [0.717, 1.165) is 12.5 Å². The highest BCUT2D eigenvalue weighted by atomic mass is 19.2. The van der Waals surface area contributed by atoms with Gasteiger partial charge in [0.2, 0.25) is 5.91 Å². The first-order valence-corrected chi connectivity index (χ1v) is 7.19. The number of rotatable bonds is 6. The highest BCUT2D eigenvalue weighted by Crippen LogP contribution is 2.32. The molecule has 0 aliphatic rings. The van der Waals surface area contributed by atoms with Gasteiger partial charge in [0.05, 0.1) is 5.69 Å². The van der Waals surface area contributed by atoms with Crippen LogP contribution >= 0.6 is 0 Å². The van der Waals surface area contributed by atoms with Crippen molar-refractivity contribution in [2.45, 2.75) is 40.0 Å². The van der Waals surface area contributed by atoms with E-state index >= 15 is 0 Å². The highest BCUT2D eigenvalue weighted by molar-refractivity contribution is 5.90. The summed E-state index contributed by atoms with van der Waals surface area (Å²) in [5, 5.41) is 2.41. The molecule has 0 spiro atoms. The summed E-state index contributed by atoms with van der Waals surface area (Å²) in [5.41, 5.74) is 5.54. The Hall–Kier alpha value is -1.49. The minimum atomic E-state index is -1.03. The van der Waals surface area contributed by atoms with Gasteiger partial charge in [-0.1, -0.05) is 26.8 Å². The number of halogens is 2. The van der Waals surface area contributed by atoms with E-state index in [1.165, 1.54) is 12.1 Å². The van der Waals surface area contributed by atoms with Crippen LogP contribution in [0.3, 0.4) is 0 Å². The van der Waals surface area contributed by atoms with Gasteiger partial charge in [0.25, 0.3) is 0 Å². The van der Waals surface area contributed by atoms with Gasteiger partial charge in [0, 0.05) is 6.42 Å². The van der Waals surface area contributed by atoms with Crippen LogP contribution in [0.1, 0.15) is 40.0 Å². The lowest BCUT2D eigenvalue weighted by Crippen LogP contribution is -2.25. The predicted molar refractivity (Wildman–Crippen MR) is 80.8 cm³/mol. The molecule has 0 heterocycles. The normalized spacial score (nSPS) is 13.0. The summed E-state index contributed by atoms with van der Waals surface area (Å²) in [4.78, 5) is 11.9. The Morgan fingerprint density at radius 1 is 1.29 bits per heavy atom. The van der Waals surface area contributed by atoms with Gasteiger partial charge in [-0.3, -0.25) is 4.79 Å². The van der Waals surface area contributed by atoms with Crippen LogP contribution in [0.15, 0.2) is 18.2 Å². The van der Waals surface area contributed by atoms with E-state index in [-0.39, 0.29) is 23.4 Å². The smallest absolute Gasteiger partial charge is 0.224 e. The van der Waals surface area contributed by atoms with E-state index in [2.05, 4.69) is 26.1 Å². The van der Waals surface area contributed by atoms with Crippen molar-refractivity contribution < 1.29 is 13.6 Å². The maximum Gasteiger partial charge on any atom is 0.224 e. The molecule has 5 heteroatoms. The third kappa shape index (κ3) is 5.42. The molecule has 1 amide bonds. The van der Waals surface area contributed by atoms with E-state index in [4.69, 9.17) is 5.73 Å². The van der Waals surface area contributed by atoms with Crippen LogP contribution in [0.25, 0.3) is 0 Å². The Labute approximate surface area is 124 Å². The summed E-state index contributed by atoms with van der Waals surface area (Å²) >= 11 is 0. The second kappa shape index (κ2) is 7.50. The van der Waals surface area contributed by atoms with E-state index < -0.39 is 11.6 Å². The molecule has 0 radical (unpaired) electrons. The zero-order valence-electron chi connectivity index (χ0n) is 12.9. The Morgan fingerprint density at radius 3 is 2.52 bits per heavy atom. The molecule has 3 nitrogen and oxygen atoms in total. The van der Waals surface area contributed by atoms with Crippen LogP contribution in [0.4, 0.5) is 14.5 Å². The third-order valence-corrected chi connectivity index (χ3v) is 3.69. The fourth-order valence-corrected chi connectivity index (χ4v) is 2.33. The molecule has 1 atom stereocenters. The standard InChI is InChI=1S/C16H24F2N2O/c1-16(2,3)11(9-10-19)7-8-14(21)20-13-6-4-5-12(17)15(13)18/h4-6,11H,7-10,19H2,1-3H3,(H,20,21). The van der Waals surface area contributed by atoms with Crippen LogP contribution in [-0.2, 0) is 4.79 Å². The van der Waals surface area contributed by atoms with Gasteiger partial charge in [-0.25, -0.2) is 8.78 Å². The van der Waals surface area contributed by atoms with Crippen LogP contribution in [0, 0.1) is 23.0 Å². The van der Waals surface area contributed by atoms with Gasteiger partial charge in [0.1, 0.15) is 0 Å². The molecule has 0 fully saturated rings. The second-order valence-electron chi connectivity index (χ2n) is 6.33. The highest BCUT2D eigenvalue weighted by Gasteiger charge is 2.24. The molecule has 1 aromatic rings. The first-order chi connectivity index (χ1) is 9.75. The second-order valence-corrected chi connectivity index (χ2v) is 6.33. The molecular weight excluding hydrogens is 274 g/mol. The van der Waals surface area contributed by atoms with Crippen molar-refractivity contribution in [1.29, 1.82) is 0 Å². The average Bonchev–Trinajstić information content (AvgIpc) is 2.38. The number of carbonyl (C=O) groups is 1. The Balaban J connectivity index is 2.59. The number of hydrogen-bond donors (Lipinski definition) is 2. The zero-order chi connectivity index (χ0) is 16.0. The average molecular weight is 298 g/mol. The molecule has 3 N–H and O–H groups in total. The van der Waals surface area contributed by atoms with Gasteiger partial charge in [-0.05, 0) is 42.9 Å². The zero-order valence-corrected chi connectivity index (χ0v) is 12.9. The van der Waals surface area contributed by atoms with Crippen molar-refractivity contribution >= 4 is 11.6 Å². The largest absolute Gasteiger partial charge is 0.330 e. The molecule has 1 unspecified atom stereocenters. The maximum atomic E-state index is 13.5. The van der Waals surface area contributed by atoms with E-state index in [1.54, 1.807) is 0 Å². The summed E-state index contributed by atoms with van der Waals surface area (Å²) < 4.78 is 26.5. The Bertz CT molecular complexity index is 484. The van der Waals surface area contributed by atoms with Crippen molar-refractivity contribution in [3.05, 3.63) is 29.8 Å². The van der Waals surface area contributed by atoms with Crippen LogP contribution in [0.5, 0.6) is 0 Å². The minimum Gasteiger partial charge on any atom is -0.330 e. The fraction of sp³-hybridized carbons (Fsp3) is 0.562. The molecule has 0 aromatic heterocycles. The van der Waals surface area contributed by atoms with Crippen molar-refractivity contribution in [3.8, 4) is 0 Å². The molecule has 0 aliphatic carbocycles. The van der Waals surface area contributed by atoms with Gasteiger partial charge in [0.15, 0.2) is 11.6 Å². The van der Waals surface area contributed by atoms with Gasteiger partial charge < -0.3 is 11.1 Å². The Kier molecular flexibility index (Phi) is 6.27. The third-order valence-electron chi connectivity index (χ3n) is 3.69. The van der Waals surface area contributed by atoms with E-state index in [1.807, 2.05) is 0 Å². The van der Waals surface area contributed by atoms with Crippen LogP contribution < -0.4 is 11.1 Å². The van der Waals surface area contributed by atoms with E-state index in [9.17, 15) is 13.6 Å². The van der Waals surface area contributed by atoms with Crippen molar-refractivity contribution in [2.24, 2.45) is 17.1 Å². The molecule has 0 saturated carbocycles. The van der Waals surface area contributed by atoms with Crippen molar-refractivity contribution in [1.82, 2.24) is 0 Å². The summed E-state index contributed by atoms with van der Waals surface area (Å²) in [5.74, 6) is -2.00. The van der Waals surface area contributed by atoms with Gasteiger partial charge >= 0.3 is 0 Å². The van der Waals surface area contributed by atoms with Gasteiger partial charge in [-0.15, -0.1) is 0 Å². The molecule has 0 saturated heterocycles. The molecule has 1 rings (SSSR count). The molecule has 0 aliphatic heterocycles. The lowest BCUT2D eigenvalue weighted by molar-refractivity contribution is -0.116. The number of carbonyl (C=O) groups excluding carboxylic acids is 1. The van der Waals surface area contributed by atoms with Crippen LogP contribution in [-0.4, -0.2) is 12.5 Å². The summed E-state index contributed by atoms with van der Waals surface area (Å²) in [6.07, 6.45) is 1.77. The summed E-state index contributed by atoms with van der Waals surface area (Å²) in [7, 11) is 0. The molecular formula is C16H24F2N2O. The van der Waals surface area contributed by atoms with E-state index in [0.29, 0.717) is 18.9 Å². The molecule has 118 valence electrons. The predicted octanol–water partition coefficient (Wildman–Crippen LogP) is 3.69. The first kappa shape index (κ1) is 17.6. The lowest BCUT2D eigenvalue weighted by Gasteiger charge is -2.30. The maximum absolute atomic E-state index is 13.5. The number of anilines is 1. The molecule has 21 heavy (non-hydrogen) atoms. The van der Waals surface area contributed by atoms with Crippen LogP contribution in [0.2, 0.25) is 0 Å². The van der Waals surface area contributed by atoms with Gasteiger partial charge in [-0.2, -0.15) is 0 Å².